The second kappa shape index (κ2) is 40.4. The van der Waals surface area contributed by atoms with Crippen LogP contribution in [0.25, 0.3) is 0 Å². The first-order valence-corrected chi connectivity index (χ1v) is 47.5. The molecule has 8 aromatic heterocycles. The zero-order chi connectivity index (χ0) is 108. The molecule has 8 aliphatic rings. The molecule has 0 fully saturated rings. The van der Waals surface area contributed by atoms with Crippen LogP contribution in [-0.2, 0) is 67.8 Å². The molecule has 149 heavy (non-hydrogen) atoms. The number of nitrogens with zero attached hydrogens (tertiary/aromatic N) is 14. The summed E-state index contributed by atoms with van der Waals surface area (Å²) < 4.78 is 83.4. The van der Waals surface area contributed by atoms with Crippen molar-refractivity contribution >= 4 is 174 Å². The Hall–Kier alpha value is -16.0. The first-order chi connectivity index (χ1) is 70.0. The summed E-state index contributed by atoms with van der Waals surface area (Å²) in [4.78, 5) is 189. The third-order valence-corrected chi connectivity index (χ3v) is 25.1. The lowest BCUT2D eigenvalue weighted by molar-refractivity contribution is 0.0115. The number of aromatic nitrogens is 12. The zero-order valence-corrected chi connectivity index (χ0v) is 85.5. The minimum absolute atomic E-state index is 0.00771. The molecule has 44 nitrogen and oxygen atoms in total. The molecule has 776 valence electrons. The van der Waals surface area contributed by atoms with Gasteiger partial charge in [0.15, 0.2) is 22.7 Å². The van der Waals surface area contributed by atoms with E-state index in [0.717, 1.165) is 22.0 Å². The fourth-order valence-electron chi connectivity index (χ4n) is 17.8. The summed E-state index contributed by atoms with van der Waals surface area (Å²) in [7, 11) is 0. The number of ether oxygens (including phenoxy) is 4. The van der Waals surface area contributed by atoms with Crippen LogP contribution < -0.4 is 97.9 Å². The molecule has 20 rings (SSSR count). The quantitative estimate of drug-likeness (QED) is 0.0496. The molecule has 8 aliphatic heterocycles. The highest BCUT2D eigenvalue weighted by molar-refractivity contribution is 9.10. The molecule has 0 aliphatic carbocycles. The molecule has 53 heteroatoms. The third kappa shape index (κ3) is 21.8. The average molecular weight is 2190 g/mol. The van der Waals surface area contributed by atoms with Crippen LogP contribution in [0.4, 0.5) is 100 Å². The number of halogens is 9. The Morgan fingerprint density at radius 2 is 0.638 bits per heavy atom. The third-order valence-electron chi connectivity index (χ3n) is 23.3. The van der Waals surface area contributed by atoms with Crippen LogP contribution in [0.5, 0.6) is 0 Å². The second-order valence-electron chi connectivity index (χ2n) is 38.8. The normalized spacial score (nSPS) is 18.1. The van der Waals surface area contributed by atoms with E-state index in [1.54, 1.807) is 95.2 Å². The van der Waals surface area contributed by atoms with Gasteiger partial charge in [-0.25, -0.2) is 76.6 Å². The lowest BCUT2D eigenvalue weighted by atomic mass is 9.89. The predicted octanol–water partition coefficient (Wildman–Crippen LogP) is 12.3. The number of fused-ring (bicyclic) bond motifs is 16. The minimum atomic E-state index is -1.72. The molecule has 0 saturated carbocycles. The number of pyridine rings is 4. The van der Waals surface area contributed by atoms with Crippen LogP contribution in [0.1, 0.15) is 170 Å². The summed E-state index contributed by atoms with van der Waals surface area (Å²) in [5.74, 6) is -2.59. The highest BCUT2D eigenvalue weighted by Gasteiger charge is 2.56. The van der Waals surface area contributed by atoms with Crippen molar-refractivity contribution in [2.24, 2.45) is 0 Å². The molecule has 8 amide bonds. The Bertz CT molecular complexity index is 7640. The molecular formula is C96H93BrCl4F4N28O16. The topological polar surface area (TPSA) is 581 Å². The fourth-order valence-corrected chi connectivity index (χ4v) is 19.4. The Morgan fingerprint density at radius 3 is 0.973 bits per heavy atom. The standard InChI is InChI=1S/C29H31ClFN7O6.C20H18BrClFN3O4.2C19H15ClFN7O2.C9H14N4O2/c1-27(2,3)43-25(41)35-21-11-20(32-14-33-21)34-19-10-18(30)22-23(39)36-29(38(22)24(19)40)13-37(26(42)44-28(4,5)6)12-15-7-8-16(31)9-17(15)29;1-19(2,3)30-18(29)25-8-10-4-5-11(23)6-12(10)20(9-25)24-16(27)15-14(22)7-13(21)17(28)26(15)20;2*20-12-4-13(26-15-5-14(22)24-8-25-15)18(30)28-16(12)17(29)27-19(28)7-23-6-9-1-2-10(21)3-11(9)19;1-9(2,3)15-8(14)13-7-4-6(10)11-5-12-7/h7-11,14H,12-13H2,1-6H3,(H,36,39)(H2,32,33,34,35,41);4-7H,8-9H2,1-3H3,(H,24,27);2*1-5,8,23H,6-7H2,(H,27,29)(H3,22,24,25,26);4-5H,1-3H3,(H3,10,11,12,13,14). The molecule has 0 saturated heterocycles. The van der Waals surface area contributed by atoms with Crippen LogP contribution in [-0.4, -0.2) is 165 Å². The van der Waals surface area contributed by atoms with Gasteiger partial charge in [0.25, 0.3) is 45.9 Å². The molecule has 4 spiro atoms. The second-order valence-corrected chi connectivity index (χ2v) is 41.2. The number of carbonyl (C=O) groups is 8. The van der Waals surface area contributed by atoms with Gasteiger partial charge in [-0.2, -0.15) is 0 Å². The summed E-state index contributed by atoms with van der Waals surface area (Å²) in [5.41, 5.74) is 9.86. The number of nitrogens with one attached hydrogen (secondary N) is 11. The smallest absolute Gasteiger partial charge is 0.413 e. The first-order valence-electron chi connectivity index (χ1n) is 45.2. The van der Waals surface area contributed by atoms with E-state index in [1.807, 2.05) is 0 Å². The van der Waals surface area contributed by atoms with Crippen molar-refractivity contribution in [1.29, 1.82) is 0 Å². The number of hydrogen-bond acceptors (Lipinski definition) is 32. The summed E-state index contributed by atoms with van der Waals surface area (Å²) in [6, 6.07) is 27.6. The van der Waals surface area contributed by atoms with E-state index in [9.17, 15) is 75.1 Å². The maximum Gasteiger partial charge on any atom is 0.413 e. The number of hydrogen-bond donors (Lipinski definition) is 14. The highest BCUT2D eigenvalue weighted by atomic mass is 79.9. The number of nitrogen functional groups attached to an aromatic ring is 3. The van der Waals surface area contributed by atoms with Gasteiger partial charge in [-0.1, -0.05) is 70.7 Å². The molecule has 0 bridgehead atoms. The average Bonchev–Trinajstić information content (AvgIpc) is 1.57. The van der Waals surface area contributed by atoms with E-state index in [2.05, 4.69) is 114 Å². The van der Waals surface area contributed by atoms with E-state index >= 15 is 0 Å². The summed E-state index contributed by atoms with van der Waals surface area (Å²) >= 11 is 28.8. The molecule has 4 atom stereocenters. The van der Waals surface area contributed by atoms with Gasteiger partial charge in [-0.15, -0.1) is 0 Å². The van der Waals surface area contributed by atoms with Crippen molar-refractivity contribution in [3.8, 4) is 0 Å². The molecule has 0 radical (unpaired) electrons. The van der Waals surface area contributed by atoms with Gasteiger partial charge in [0.2, 0.25) is 0 Å². The van der Waals surface area contributed by atoms with E-state index in [0.29, 0.717) is 46.7 Å². The minimum Gasteiger partial charge on any atom is -0.444 e. The Kier molecular flexibility index (Phi) is 28.7. The number of benzene rings is 4. The number of carbonyl (C=O) groups excluding carboxylic acids is 8. The van der Waals surface area contributed by atoms with Gasteiger partial charge in [-0.05, 0) is 194 Å². The van der Waals surface area contributed by atoms with Crippen molar-refractivity contribution in [1.82, 2.24) is 99.8 Å². The molecule has 4 unspecified atom stereocenters. The molecule has 16 heterocycles. The number of nitrogens with two attached hydrogens (primary N) is 3. The van der Waals surface area contributed by atoms with Gasteiger partial charge < -0.3 is 84.0 Å². The van der Waals surface area contributed by atoms with Crippen LogP contribution >= 0.6 is 62.3 Å². The Balaban J connectivity index is 0.000000137. The molecule has 12 aromatic rings. The van der Waals surface area contributed by atoms with Crippen molar-refractivity contribution in [3.63, 3.8) is 0 Å². The van der Waals surface area contributed by atoms with E-state index in [-0.39, 0.29) is 150 Å². The van der Waals surface area contributed by atoms with Gasteiger partial charge in [-0.3, -0.25) is 77.1 Å². The van der Waals surface area contributed by atoms with Crippen molar-refractivity contribution in [2.45, 2.75) is 154 Å². The maximum absolute atomic E-state index is 14.7. The number of rotatable bonds is 8. The number of anilines is 11. The largest absolute Gasteiger partial charge is 0.444 e. The highest BCUT2D eigenvalue weighted by Crippen LogP contribution is 2.46. The summed E-state index contributed by atoms with van der Waals surface area (Å²) in [6.07, 6.45) is 2.31. The van der Waals surface area contributed by atoms with Crippen LogP contribution in [0.3, 0.4) is 0 Å². The monoisotopic (exact) mass is 2190 g/mol. The predicted molar refractivity (Wildman–Crippen MR) is 542 cm³/mol. The van der Waals surface area contributed by atoms with Crippen molar-refractivity contribution in [2.75, 3.05) is 70.0 Å². The van der Waals surface area contributed by atoms with Crippen molar-refractivity contribution < 1.29 is 74.9 Å². The van der Waals surface area contributed by atoms with E-state index < -0.39 is 139 Å². The Labute approximate surface area is 870 Å². The molecule has 4 aromatic carbocycles. The maximum atomic E-state index is 14.7. The van der Waals surface area contributed by atoms with E-state index in [4.69, 9.17) is 82.6 Å². The van der Waals surface area contributed by atoms with Crippen LogP contribution in [0.15, 0.2) is 170 Å². The molecular weight excluding hydrogens is 2100 g/mol. The molecule has 17 N–H and O–H groups in total. The van der Waals surface area contributed by atoms with Gasteiger partial charge in [0, 0.05) is 85.8 Å². The van der Waals surface area contributed by atoms with Gasteiger partial charge in [0.05, 0.1) is 37.7 Å². The van der Waals surface area contributed by atoms with Crippen LogP contribution in [0, 0.1) is 23.3 Å². The fraction of sp³-hybridized carbons (Fsp3) is 0.292. The Morgan fingerprint density at radius 1 is 0.362 bits per heavy atom. The summed E-state index contributed by atoms with van der Waals surface area (Å²) in [6.45, 7) is 21.9. The van der Waals surface area contributed by atoms with Crippen LogP contribution in [0.2, 0.25) is 20.1 Å². The SMILES string of the molecule is CC(C)(C)OC(=O)N1Cc2ccc(F)cc2C2(C1)NC(=O)c1c(Cl)cc(Br)c(=O)n12.CC(C)(C)OC(=O)Nc1cc(N)ncn1.CC(C)(C)OC(=O)Nc1cc(Nc2cc(Cl)c3n(c2=O)C2(CN(C(=O)OC(C)(C)C)Cc4ccc(F)cc42)NC3=O)ncn1.Nc1cc(Nc2cc(Cl)c3n(c2=O)C2(CNCc4ccc(F)cc42)NC3=O)ncn1.Nc1cc(Nc2cc(Cl)c3n(c2=O)C2(CNCc4ccc(F)cc42)NC3=O)ncn1. The summed E-state index contributed by atoms with van der Waals surface area (Å²) in [5, 5.41) is 31.3. The lowest BCUT2D eigenvalue weighted by Gasteiger charge is -2.42. The van der Waals surface area contributed by atoms with Gasteiger partial charge in [0.1, 0.15) is 157 Å². The van der Waals surface area contributed by atoms with E-state index in [1.165, 1.54) is 152 Å². The first kappa shape index (κ1) is 106. The lowest BCUT2D eigenvalue weighted by Crippen LogP contribution is -2.59. The van der Waals surface area contributed by atoms with Crippen molar-refractivity contribution in [3.05, 3.63) is 303 Å². The van der Waals surface area contributed by atoms with Gasteiger partial charge >= 0.3 is 24.4 Å². The zero-order valence-electron chi connectivity index (χ0n) is 80.9. The number of amides is 8.